The normalized spacial score (nSPS) is 21.8. The van der Waals surface area contributed by atoms with Crippen LogP contribution in [0.5, 0.6) is 0 Å². The van der Waals surface area contributed by atoms with Crippen molar-refractivity contribution in [3.05, 3.63) is 5.56 Å². The molecule has 2 aliphatic rings. The summed E-state index contributed by atoms with van der Waals surface area (Å²) in [6.07, 6.45) is 2.11. The van der Waals surface area contributed by atoms with Crippen LogP contribution in [-0.4, -0.2) is 41.6 Å². The third-order valence-electron chi connectivity index (χ3n) is 3.73. The van der Waals surface area contributed by atoms with Gasteiger partial charge in [0.2, 0.25) is 0 Å². The largest absolute Gasteiger partial charge is 0.382 e. The van der Waals surface area contributed by atoms with Gasteiger partial charge in [-0.25, -0.2) is 0 Å². The van der Waals surface area contributed by atoms with Gasteiger partial charge in [0.05, 0.1) is 18.8 Å². The summed E-state index contributed by atoms with van der Waals surface area (Å²) in [7, 11) is 0. The van der Waals surface area contributed by atoms with Crippen molar-refractivity contribution < 1.29 is 9.53 Å². The third kappa shape index (κ3) is 2.47. The predicted octanol–water partition coefficient (Wildman–Crippen LogP) is 1.23. The Morgan fingerprint density at radius 2 is 2.30 bits per heavy atom. The van der Waals surface area contributed by atoms with Crippen molar-refractivity contribution in [3.8, 4) is 0 Å². The lowest BCUT2D eigenvalue weighted by Crippen LogP contribution is -2.53. The molecule has 20 heavy (non-hydrogen) atoms. The van der Waals surface area contributed by atoms with E-state index in [1.807, 2.05) is 0 Å². The number of aromatic nitrogens is 1. The first-order chi connectivity index (χ1) is 9.49. The van der Waals surface area contributed by atoms with Crippen molar-refractivity contribution in [1.29, 1.82) is 0 Å². The number of rotatable bonds is 3. The van der Waals surface area contributed by atoms with Gasteiger partial charge in [-0.2, -0.15) is 4.37 Å². The molecule has 1 aliphatic heterocycles. The van der Waals surface area contributed by atoms with Crippen molar-refractivity contribution in [2.75, 3.05) is 30.4 Å². The average molecular weight is 296 g/mol. The maximum absolute atomic E-state index is 12.4. The second kappa shape index (κ2) is 4.89. The highest BCUT2D eigenvalue weighted by molar-refractivity contribution is 7.11. The molecule has 0 unspecified atom stereocenters. The van der Waals surface area contributed by atoms with E-state index in [-0.39, 0.29) is 11.4 Å². The Morgan fingerprint density at radius 1 is 1.55 bits per heavy atom. The van der Waals surface area contributed by atoms with E-state index in [1.54, 1.807) is 0 Å². The molecule has 0 radical (unpaired) electrons. The second-order valence-electron chi connectivity index (χ2n) is 6.01. The molecule has 1 saturated carbocycles. The summed E-state index contributed by atoms with van der Waals surface area (Å²) >= 11 is 1.30. The molecule has 0 spiro atoms. The zero-order chi connectivity index (χ0) is 14.3. The van der Waals surface area contributed by atoms with Crippen LogP contribution >= 0.6 is 11.5 Å². The zero-order valence-corrected chi connectivity index (χ0v) is 12.6. The van der Waals surface area contributed by atoms with Gasteiger partial charge in [0.25, 0.3) is 5.91 Å². The molecule has 3 rings (SSSR count). The standard InChI is InChI=1S/C13H20N4O2S/c1-13(2)7-19-6-5-17(13)12-9(10(14)16-20-12)11(18)15-8-3-4-8/h8H,3-7H2,1-2H3,(H2,14,16)(H,15,18). The van der Waals surface area contributed by atoms with E-state index in [1.165, 1.54) is 11.5 Å². The van der Waals surface area contributed by atoms with Crippen molar-refractivity contribution in [1.82, 2.24) is 9.69 Å². The summed E-state index contributed by atoms with van der Waals surface area (Å²) in [5, 5.41) is 3.85. The maximum atomic E-state index is 12.4. The predicted molar refractivity (Wildman–Crippen MR) is 79.3 cm³/mol. The fourth-order valence-electron chi connectivity index (χ4n) is 2.41. The molecule has 0 bridgehead atoms. The van der Waals surface area contributed by atoms with Crippen LogP contribution in [0, 0.1) is 0 Å². The highest BCUT2D eigenvalue weighted by Gasteiger charge is 2.36. The topological polar surface area (TPSA) is 80.5 Å². The average Bonchev–Trinajstić information content (AvgIpc) is 3.10. The van der Waals surface area contributed by atoms with Crippen molar-refractivity contribution in [2.24, 2.45) is 0 Å². The number of nitrogens with one attached hydrogen (secondary N) is 1. The lowest BCUT2D eigenvalue weighted by Gasteiger charge is -2.43. The number of nitrogens with zero attached hydrogens (tertiary/aromatic N) is 2. The molecule has 6 nitrogen and oxygen atoms in total. The number of morpholine rings is 1. The first kappa shape index (κ1) is 13.6. The highest BCUT2D eigenvalue weighted by atomic mass is 32.1. The second-order valence-corrected chi connectivity index (χ2v) is 6.76. The van der Waals surface area contributed by atoms with Gasteiger partial charge in [0, 0.05) is 12.6 Å². The summed E-state index contributed by atoms with van der Waals surface area (Å²) in [4.78, 5) is 14.6. The monoisotopic (exact) mass is 296 g/mol. The van der Waals surface area contributed by atoms with Crippen LogP contribution in [0.4, 0.5) is 10.8 Å². The summed E-state index contributed by atoms with van der Waals surface area (Å²) in [5.74, 6) is 0.224. The Labute approximate surface area is 122 Å². The molecular formula is C13H20N4O2S. The van der Waals surface area contributed by atoms with Gasteiger partial charge >= 0.3 is 0 Å². The third-order valence-corrected chi connectivity index (χ3v) is 4.62. The molecule has 1 aromatic heterocycles. The number of nitrogen functional groups attached to an aromatic ring is 1. The molecule has 7 heteroatoms. The highest BCUT2D eigenvalue weighted by Crippen LogP contribution is 2.36. The van der Waals surface area contributed by atoms with E-state index in [0.29, 0.717) is 30.6 Å². The minimum atomic E-state index is -0.161. The van der Waals surface area contributed by atoms with Crippen LogP contribution < -0.4 is 16.0 Å². The minimum absolute atomic E-state index is 0.101. The van der Waals surface area contributed by atoms with E-state index in [4.69, 9.17) is 10.5 Å². The van der Waals surface area contributed by atoms with Gasteiger partial charge in [-0.1, -0.05) is 0 Å². The summed E-state index contributed by atoms with van der Waals surface area (Å²) < 4.78 is 9.71. The van der Waals surface area contributed by atoms with Gasteiger partial charge in [-0.15, -0.1) is 0 Å². The van der Waals surface area contributed by atoms with Crippen LogP contribution in [0.15, 0.2) is 0 Å². The van der Waals surface area contributed by atoms with E-state index in [2.05, 4.69) is 28.4 Å². The fourth-order valence-corrected chi connectivity index (χ4v) is 3.41. The number of hydrogen-bond acceptors (Lipinski definition) is 6. The van der Waals surface area contributed by atoms with Gasteiger partial charge in [0.1, 0.15) is 10.6 Å². The number of amides is 1. The van der Waals surface area contributed by atoms with Gasteiger partial charge in [-0.05, 0) is 38.2 Å². The zero-order valence-electron chi connectivity index (χ0n) is 11.8. The Hall–Kier alpha value is -1.34. The summed E-state index contributed by atoms with van der Waals surface area (Å²) in [6, 6.07) is 0.312. The lowest BCUT2D eigenvalue weighted by atomic mass is 10.0. The number of carbonyl (C=O) groups excluding carboxylic acids is 1. The van der Waals surface area contributed by atoms with Gasteiger partial charge < -0.3 is 20.7 Å². The van der Waals surface area contributed by atoms with Crippen LogP contribution in [-0.2, 0) is 4.74 Å². The first-order valence-corrected chi connectivity index (χ1v) is 7.68. The SMILES string of the molecule is CC1(C)COCCN1c1snc(N)c1C(=O)NC1CC1. The first-order valence-electron chi connectivity index (χ1n) is 6.90. The molecule has 1 saturated heterocycles. The molecule has 110 valence electrons. The Bertz CT molecular complexity index is 524. The Balaban J connectivity index is 1.90. The van der Waals surface area contributed by atoms with Crippen molar-refractivity contribution in [3.63, 3.8) is 0 Å². The molecule has 1 aliphatic carbocycles. The fraction of sp³-hybridized carbons (Fsp3) is 0.692. The molecule has 2 heterocycles. The molecule has 0 aromatic carbocycles. The van der Waals surface area contributed by atoms with Crippen LogP contribution in [0.25, 0.3) is 0 Å². The van der Waals surface area contributed by atoms with Gasteiger partial charge in [0.15, 0.2) is 5.82 Å². The number of nitrogens with two attached hydrogens (primary N) is 1. The molecule has 2 fully saturated rings. The van der Waals surface area contributed by atoms with Gasteiger partial charge in [-0.3, -0.25) is 4.79 Å². The van der Waals surface area contributed by atoms with E-state index >= 15 is 0 Å². The van der Waals surface area contributed by atoms with Crippen LogP contribution in [0.2, 0.25) is 0 Å². The summed E-state index contributed by atoms with van der Waals surface area (Å²) in [5.41, 5.74) is 6.28. The lowest BCUT2D eigenvalue weighted by molar-refractivity contribution is 0.0646. The molecular weight excluding hydrogens is 276 g/mol. The number of carbonyl (C=O) groups is 1. The number of anilines is 2. The molecule has 3 N–H and O–H groups in total. The van der Waals surface area contributed by atoms with E-state index in [9.17, 15) is 4.79 Å². The van der Waals surface area contributed by atoms with E-state index in [0.717, 1.165) is 24.4 Å². The van der Waals surface area contributed by atoms with Crippen molar-refractivity contribution >= 4 is 28.3 Å². The van der Waals surface area contributed by atoms with Crippen LogP contribution in [0.3, 0.4) is 0 Å². The molecule has 1 aromatic rings. The minimum Gasteiger partial charge on any atom is -0.382 e. The Kier molecular flexibility index (Phi) is 3.33. The smallest absolute Gasteiger partial charge is 0.258 e. The summed E-state index contributed by atoms with van der Waals surface area (Å²) in [6.45, 7) is 6.24. The quantitative estimate of drug-likeness (QED) is 0.877. The molecule has 0 atom stereocenters. The van der Waals surface area contributed by atoms with Crippen LogP contribution in [0.1, 0.15) is 37.0 Å². The van der Waals surface area contributed by atoms with Crippen molar-refractivity contribution in [2.45, 2.75) is 38.3 Å². The number of hydrogen-bond donors (Lipinski definition) is 2. The Morgan fingerprint density at radius 3 is 2.95 bits per heavy atom. The molecule has 1 amide bonds. The van der Waals surface area contributed by atoms with E-state index < -0.39 is 0 Å². The number of ether oxygens (including phenoxy) is 1. The maximum Gasteiger partial charge on any atom is 0.258 e.